The minimum absolute atomic E-state index is 0.200. The summed E-state index contributed by atoms with van der Waals surface area (Å²) in [6.07, 6.45) is -0.674. The molecule has 122 valence electrons. The summed E-state index contributed by atoms with van der Waals surface area (Å²) >= 11 is 0. The van der Waals surface area contributed by atoms with Crippen molar-refractivity contribution in [1.29, 1.82) is 0 Å². The molecule has 1 aromatic carbocycles. The Kier molecular flexibility index (Phi) is 4.93. The number of carbonyl (C=O) groups excluding carboxylic acids is 1. The van der Waals surface area contributed by atoms with Crippen LogP contribution in [-0.4, -0.2) is 42.9 Å². The van der Waals surface area contributed by atoms with Crippen LogP contribution in [-0.2, 0) is 4.79 Å². The van der Waals surface area contributed by atoms with E-state index in [1.165, 1.54) is 17.0 Å². The highest BCUT2D eigenvalue weighted by Crippen LogP contribution is 2.23. The summed E-state index contributed by atoms with van der Waals surface area (Å²) in [5.74, 6) is -4.46. The van der Waals surface area contributed by atoms with Crippen molar-refractivity contribution in [3.05, 3.63) is 29.8 Å². The molecule has 1 aromatic rings. The van der Waals surface area contributed by atoms with Crippen LogP contribution in [0.3, 0.4) is 0 Å². The van der Waals surface area contributed by atoms with Gasteiger partial charge in [-0.2, -0.15) is 0 Å². The molecule has 1 saturated heterocycles. The first kappa shape index (κ1) is 16.6. The number of hydrogen-bond acceptors (Lipinski definition) is 2. The lowest BCUT2D eigenvalue weighted by Crippen LogP contribution is -2.49. The van der Waals surface area contributed by atoms with Crippen molar-refractivity contribution >= 4 is 11.6 Å². The quantitative estimate of drug-likeness (QED) is 0.797. The zero-order valence-corrected chi connectivity index (χ0v) is 12.3. The number of halogens is 4. The Morgan fingerprint density at radius 3 is 2.36 bits per heavy atom. The van der Waals surface area contributed by atoms with Gasteiger partial charge in [0.25, 0.3) is 0 Å². The number of nitrogens with zero attached hydrogens (tertiary/aromatic N) is 2. The summed E-state index contributed by atoms with van der Waals surface area (Å²) in [5.41, 5.74) is 0.286. The standard InChI is InChI=1S/C15H18F4N2O/c1-15(18,19)5-4-14(22)21-8-6-20(7-9-21)13-3-2-11(16)10-12(13)17/h2-3,10H,4-9H2,1H3. The van der Waals surface area contributed by atoms with Crippen LogP contribution in [0.4, 0.5) is 23.2 Å². The van der Waals surface area contributed by atoms with Gasteiger partial charge in [-0.05, 0) is 19.1 Å². The third-order valence-corrected chi connectivity index (χ3v) is 3.66. The van der Waals surface area contributed by atoms with Crippen molar-refractivity contribution in [2.75, 3.05) is 31.1 Å². The number of rotatable bonds is 4. The van der Waals surface area contributed by atoms with Crippen LogP contribution >= 0.6 is 0 Å². The number of anilines is 1. The molecule has 0 bridgehead atoms. The maximum absolute atomic E-state index is 13.7. The minimum atomic E-state index is -2.85. The second kappa shape index (κ2) is 6.54. The third kappa shape index (κ3) is 4.35. The van der Waals surface area contributed by atoms with Crippen molar-refractivity contribution in [2.24, 2.45) is 0 Å². The predicted octanol–water partition coefficient (Wildman–Crippen LogP) is 3.05. The topological polar surface area (TPSA) is 23.6 Å². The van der Waals surface area contributed by atoms with Gasteiger partial charge in [0.05, 0.1) is 5.69 Å². The highest BCUT2D eigenvalue weighted by Gasteiger charge is 2.26. The minimum Gasteiger partial charge on any atom is -0.366 e. The largest absolute Gasteiger partial charge is 0.366 e. The van der Waals surface area contributed by atoms with Crippen molar-refractivity contribution in [3.8, 4) is 0 Å². The first-order chi connectivity index (χ1) is 10.3. The fourth-order valence-corrected chi connectivity index (χ4v) is 2.42. The maximum atomic E-state index is 13.7. The molecule has 1 fully saturated rings. The van der Waals surface area contributed by atoms with Crippen molar-refractivity contribution in [1.82, 2.24) is 4.90 Å². The van der Waals surface area contributed by atoms with Crippen LogP contribution in [0.2, 0.25) is 0 Å². The Morgan fingerprint density at radius 2 is 1.82 bits per heavy atom. The second-order valence-electron chi connectivity index (χ2n) is 5.53. The fourth-order valence-electron chi connectivity index (χ4n) is 2.42. The summed E-state index contributed by atoms with van der Waals surface area (Å²) in [6.45, 7) is 2.24. The number of hydrogen-bond donors (Lipinski definition) is 0. The highest BCUT2D eigenvalue weighted by molar-refractivity contribution is 5.76. The fraction of sp³-hybridized carbons (Fsp3) is 0.533. The number of piperazine rings is 1. The average Bonchev–Trinajstić information content (AvgIpc) is 2.44. The highest BCUT2D eigenvalue weighted by atomic mass is 19.3. The Morgan fingerprint density at radius 1 is 1.18 bits per heavy atom. The molecule has 0 spiro atoms. The summed E-state index contributed by atoms with van der Waals surface area (Å²) in [6, 6.07) is 3.36. The zero-order chi connectivity index (χ0) is 16.3. The van der Waals surface area contributed by atoms with Crippen LogP contribution in [0.25, 0.3) is 0 Å². The van der Waals surface area contributed by atoms with Gasteiger partial charge < -0.3 is 9.80 Å². The number of benzene rings is 1. The Balaban J connectivity index is 1.89. The summed E-state index contributed by atoms with van der Waals surface area (Å²) in [4.78, 5) is 15.1. The number of alkyl halides is 2. The van der Waals surface area contributed by atoms with Gasteiger partial charge in [0.2, 0.25) is 11.8 Å². The van der Waals surface area contributed by atoms with Crippen molar-refractivity contribution in [3.63, 3.8) is 0 Å². The number of carbonyl (C=O) groups is 1. The van der Waals surface area contributed by atoms with E-state index in [-0.39, 0.29) is 18.0 Å². The molecule has 1 heterocycles. The summed E-state index contributed by atoms with van der Waals surface area (Å²) in [7, 11) is 0. The molecule has 0 unspecified atom stereocenters. The molecule has 1 aliphatic heterocycles. The molecule has 0 aliphatic carbocycles. The summed E-state index contributed by atoms with van der Waals surface area (Å²) < 4.78 is 52.1. The summed E-state index contributed by atoms with van der Waals surface area (Å²) in [5, 5.41) is 0. The average molecular weight is 318 g/mol. The number of amides is 1. The van der Waals surface area contributed by atoms with E-state index in [0.717, 1.165) is 13.0 Å². The molecular formula is C15H18F4N2O. The SMILES string of the molecule is CC(F)(F)CCC(=O)N1CCN(c2ccc(F)cc2F)CC1. The van der Waals surface area contributed by atoms with Gasteiger partial charge in [0.15, 0.2) is 0 Å². The Bertz CT molecular complexity index is 537. The van der Waals surface area contributed by atoms with E-state index in [2.05, 4.69) is 0 Å². The molecule has 0 radical (unpaired) electrons. The lowest BCUT2D eigenvalue weighted by molar-refractivity contribution is -0.133. The van der Waals surface area contributed by atoms with Gasteiger partial charge >= 0.3 is 0 Å². The normalized spacial score (nSPS) is 16.0. The molecule has 2 rings (SSSR count). The van der Waals surface area contributed by atoms with Gasteiger partial charge in [0.1, 0.15) is 11.6 Å². The molecule has 3 nitrogen and oxygen atoms in total. The van der Waals surface area contributed by atoms with Gasteiger partial charge in [-0.3, -0.25) is 4.79 Å². The van der Waals surface area contributed by atoms with E-state index in [4.69, 9.17) is 0 Å². The first-order valence-corrected chi connectivity index (χ1v) is 7.12. The first-order valence-electron chi connectivity index (χ1n) is 7.12. The van der Waals surface area contributed by atoms with E-state index in [9.17, 15) is 22.4 Å². The van der Waals surface area contributed by atoms with Gasteiger partial charge in [-0.15, -0.1) is 0 Å². The molecule has 7 heteroatoms. The molecular weight excluding hydrogens is 300 g/mol. The molecule has 0 atom stereocenters. The van der Waals surface area contributed by atoms with E-state index in [1.807, 2.05) is 0 Å². The van der Waals surface area contributed by atoms with Crippen LogP contribution in [0, 0.1) is 11.6 Å². The Labute approximate surface area is 126 Å². The molecule has 0 aromatic heterocycles. The molecule has 1 amide bonds. The molecule has 0 N–H and O–H groups in total. The second-order valence-corrected chi connectivity index (χ2v) is 5.53. The predicted molar refractivity (Wildman–Crippen MR) is 75.0 cm³/mol. The van der Waals surface area contributed by atoms with Crippen LogP contribution in [0.5, 0.6) is 0 Å². The van der Waals surface area contributed by atoms with E-state index >= 15 is 0 Å². The lowest BCUT2D eigenvalue weighted by Gasteiger charge is -2.36. The van der Waals surface area contributed by atoms with Gasteiger partial charge in [-0.1, -0.05) is 0 Å². The van der Waals surface area contributed by atoms with Crippen molar-refractivity contribution in [2.45, 2.75) is 25.7 Å². The van der Waals surface area contributed by atoms with Crippen LogP contribution in [0.1, 0.15) is 19.8 Å². The third-order valence-electron chi connectivity index (χ3n) is 3.66. The van der Waals surface area contributed by atoms with Crippen LogP contribution < -0.4 is 4.90 Å². The van der Waals surface area contributed by atoms with Crippen molar-refractivity contribution < 1.29 is 22.4 Å². The van der Waals surface area contributed by atoms with Crippen LogP contribution in [0.15, 0.2) is 18.2 Å². The van der Waals surface area contributed by atoms with E-state index in [0.29, 0.717) is 26.2 Å². The monoisotopic (exact) mass is 318 g/mol. The Hall–Kier alpha value is -1.79. The van der Waals surface area contributed by atoms with Gasteiger partial charge in [0, 0.05) is 45.1 Å². The lowest BCUT2D eigenvalue weighted by atomic mass is 10.1. The molecule has 1 aliphatic rings. The maximum Gasteiger partial charge on any atom is 0.245 e. The smallest absolute Gasteiger partial charge is 0.245 e. The zero-order valence-electron chi connectivity index (χ0n) is 12.3. The van der Waals surface area contributed by atoms with E-state index in [1.54, 1.807) is 4.90 Å². The molecule has 0 saturated carbocycles. The van der Waals surface area contributed by atoms with Gasteiger partial charge in [-0.25, -0.2) is 17.6 Å². The molecule has 22 heavy (non-hydrogen) atoms. The van der Waals surface area contributed by atoms with E-state index < -0.39 is 24.0 Å².